The first kappa shape index (κ1) is 39.9. The zero-order valence-corrected chi connectivity index (χ0v) is 32.6. The van der Waals surface area contributed by atoms with E-state index in [1.807, 2.05) is 6.07 Å². The Kier molecular flexibility index (Phi) is 11.0. The molecule has 1 saturated carbocycles. The van der Waals surface area contributed by atoms with Crippen molar-refractivity contribution >= 4 is 44.6 Å². The number of aromatic nitrogens is 2. The van der Waals surface area contributed by atoms with Gasteiger partial charge in [0.05, 0.1) is 13.7 Å². The number of aryl methyl sites for hydroxylation is 1. The Bertz CT molecular complexity index is 2060. The van der Waals surface area contributed by atoms with Gasteiger partial charge in [-0.1, -0.05) is 32.9 Å². The number of nitrogens with one attached hydrogen (secondary N) is 3. The van der Waals surface area contributed by atoms with E-state index in [2.05, 4.69) is 31.9 Å². The van der Waals surface area contributed by atoms with Crippen LogP contribution < -0.4 is 24.8 Å². The van der Waals surface area contributed by atoms with E-state index in [4.69, 9.17) is 14.2 Å². The number of alkyl carbamates (subject to hydrolysis) is 1. The van der Waals surface area contributed by atoms with Gasteiger partial charge < -0.3 is 29.7 Å². The summed E-state index contributed by atoms with van der Waals surface area (Å²) in [5.41, 5.74) is -2.63. The lowest BCUT2D eigenvalue weighted by Crippen LogP contribution is -2.60. The highest BCUT2D eigenvalue weighted by atomic mass is 32.2. The third-order valence-electron chi connectivity index (χ3n) is 9.27. The summed E-state index contributed by atoms with van der Waals surface area (Å²) < 4.78 is 45.5. The largest absolute Gasteiger partial charge is 0.497 e. The molecule has 1 aliphatic carbocycles. The number of hydrogen-bond donors (Lipinski definition) is 3. The molecule has 1 aliphatic heterocycles. The molecule has 3 heterocycles. The molecule has 290 valence electrons. The number of ether oxygens (including phenoxy) is 3. The Hall–Kier alpha value is -5.25. The van der Waals surface area contributed by atoms with Crippen LogP contribution in [0.3, 0.4) is 0 Å². The zero-order chi connectivity index (χ0) is 39.8. The monoisotopic (exact) mass is 764 g/mol. The van der Waals surface area contributed by atoms with Crippen molar-refractivity contribution < 1.29 is 41.8 Å². The molecule has 1 aromatic carbocycles. The minimum absolute atomic E-state index is 0.0167. The molecule has 2 aliphatic rings. The normalized spacial score (nSPS) is 21.8. The predicted octanol–water partition coefficient (Wildman–Crippen LogP) is 3.80. The van der Waals surface area contributed by atoms with Gasteiger partial charge in [0.15, 0.2) is 5.03 Å². The van der Waals surface area contributed by atoms with Crippen LogP contribution in [0.15, 0.2) is 66.5 Å². The molecule has 15 nitrogen and oxygen atoms in total. The van der Waals surface area contributed by atoms with Gasteiger partial charge in [-0.2, -0.15) is 8.42 Å². The summed E-state index contributed by atoms with van der Waals surface area (Å²) in [5, 5.41) is 6.55. The molecule has 3 N–H and O–H groups in total. The number of fused-ring (bicyclic) bond motifs is 1. The minimum atomic E-state index is -4.40. The second-order valence-corrected chi connectivity index (χ2v) is 17.4. The second kappa shape index (κ2) is 14.9. The maximum atomic E-state index is 14.5. The average Bonchev–Trinajstić information content (AvgIpc) is 3.64. The smallest absolute Gasteiger partial charge is 0.408 e. The molecular formula is C38H48N6O9S. The predicted molar refractivity (Wildman–Crippen MR) is 199 cm³/mol. The maximum Gasteiger partial charge on any atom is 0.408 e. The van der Waals surface area contributed by atoms with Crippen LogP contribution >= 0.6 is 0 Å². The van der Waals surface area contributed by atoms with Gasteiger partial charge >= 0.3 is 6.09 Å². The lowest BCUT2D eigenvalue weighted by Gasteiger charge is -2.36. The Morgan fingerprint density at radius 1 is 1.06 bits per heavy atom. The number of amides is 4. The first-order chi connectivity index (χ1) is 25.2. The number of carbonyl (C=O) groups is 4. The van der Waals surface area contributed by atoms with Crippen LogP contribution in [0.2, 0.25) is 0 Å². The quantitative estimate of drug-likeness (QED) is 0.241. The Morgan fingerprint density at radius 2 is 1.78 bits per heavy atom. The van der Waals surface area contributed by atoms with E-state index in [9.17, 15) is 27.6 Å². The summed E-state index contributed by atoms with van der Waals surface area (Å²) in [4.78, 5) is 65.2. The SMILES string of the molecule is C=C[C@@H]1C[C@]1(NC(=O)[C@@H]1C[C@@H](Oc2nccc3cc(OC)ccc23)CN1C(=O)[C@@H](NC(=O)OC(C)(C)C)C(C)(C)C)C(=O)NS(=O)(=O)c1ccc(C)cn1. The molecule has 0 unspecified atom stereocenters. The van der Waals surface area contributed by atoms with Gasteiger partial charge in [0.25, 0.3) is 15.9 Å². The molecule has 2 fully saturated rings. The first-order valence-corrected chi connectivity index (χ1v) is 19.0. The number of rotatable bonds is 11. The Balaban J connectivity index is 1.45. The summed E-state index contributed by atoms with van der Waals surface area (Å²) in [7, 11) is -2.84. The van der Waals surface area contributed by atoms with Crippen LogP contribution in [0.5, 0.6) is 11.6 Å². The van der Waals surface area contributed by atoms with Gasteiger partial charge in [0, 0.05) is 30.1 Å². The van der Waals surface area contributed by atoms with Gasteiger partial charge in [-0.05, 0) is 80.8 Å². The highest BCUT2D eigenvalue weighted by Gasteiger charge is 2.61. The van der Waals surface area contributed by atoms with Gasteiger partial charge in [-0.3, -0.25) is 14.4 Å². The Morgan fingerprint density at radius 3 is 2.37 bits per heavy atom. The number of pyridine rings is 2. The number of carbonyl (C=O) groups excluding carboxylic acids is 4. The summed E-state index contributed by atoms with van der Waals surface area (Å²) in [6, 6.07) is 7.66. The molecule has 0 bridgehead atoms. The molecule has 54 heavy (non-hydrogen) atoms. The van der Waals surface area contributed by atoms with Gasteiger partial charge in [0.2, 0.25) is 17.7 Å². The Labute approximate surface area is 315 Å². The van der Waals surface area contributed by atoms with Crippen LogP contribution in [0.25, 0.3) is 10.8 Å². The van der Waals surface area contributed by atoms with Gasteiger partial charge in [0.1, 0.15) is 35.1 Å². The fourth-order valence-corrected chi connectivity index (χ4v) is 7.31. The van der Waals surface area contributed by atoms with Crippen molar-refractivity contribution in [3.8, 4) is 11.6 Å². The topological polar surface area (TPSA) is 195 Å². The fourth-order valence-electron chi connectivity index (χ4n) is 6.34. The van der Waals surface area contributed by atoms with Gasteiger partial charge in [-0.15, -0.1) is 6.58 Å². The van der Waals surface area contributed by atoms with E-state index in [-0.39, 0.29) is 30.3 Å². The van der Waals surface area contributed by atoms with Crippen molar-refractivity contribution in [3.63, 3.8) is 0 Å². The molecule has 0 radical (unpaired) electrons. The molecule has 3 aromatic rings. The van der Waals surface area contributed by atoms with Crippen molar-refractivity contribution in [2.24, 2.45) is 11.3 Å². The molecular weight excluding hydrogens is 717 g/mol. The number of methoxy groups -OCH3 is 1. The number of hydrogen-bond acceptors (Lipinski definition) is 11. The third kappa shape index (κ3) is 8.75. The number of nitrogens with zero attached hydrogens (tertiary/aromatic N) is 3. The van der Waals surface area contributed by atoms with E-state index in [0.717, 1.165) is 10.9 Å². The van der Waals surface area contributed by atoms with E-state index < -0.39 is 74.5 Å². The number of likely N-dealkylation sites (tertiary alicyclic amines) is 1. The molecule has 0 spiro atoms. The second-order valence-electron chi connectivity index (χ2n) is 15.7. The summed E-state index contributed by atoms with van der Waals surface area (Å²) >= 11 is 0. The highest BCUT2D eigenvalue weighted by molar-refractivity contribution is 7.90. The van der Waals surface area contributed by atoms with Crippen LogP contribution in [0.4, 0.5) is 4.79 Å². The van der Waals surface area contributed by atoms with E-state index in [0.29, 0.717) is 11.1 Å². The fraction of sp³-hybridized carbons (Fsp3) is 0.474. The molecule has 5 rings (SSSR count). The standard InChI is InChI=1S/C38H48N6O9S/c1-10-24-19-38(24,34(47)43-54(49,50)29-14-11-22(2)20-40-29)42-31(45)28-18-26(52-32-27-13-12-25(51-9)17-23(27)15-16-39-32)21-44(28)33(46)30(36(3,4)5)41-35(48)53-37(6,7)8/h10-17,20,24,26,28,30H,1,18-19,21H2,2-9H3,(H,41,48)(H,42,45)(H,43,47)/t24-,26-,28+,30-,38-/m1/s1. The van der Waals surface area contributed by atoms with Crippen molar-refractivity contribution in [1.82, 2.24) is 30.2 Å². The first-order valence-electron chi connectivity index (χ1n) is 17.5. The number of benzene rings is 1. The van der Waals surface area contributed by atoms with Crippen molar-refractivity contribution in [2.45, 2.75) is 95.7 Å². The summed E-state index contributed by atoms with van der Waals surface area (Å²) in [6.45, 7) is 15.8. The van der Waals surface area contributed by atoms with E-state index in [1.165, 1.54) is 23.2 Å². The lowest BCUT2D eigenvalue weighted by atomic mass is 9.85. The molecule has 16 heteroatoms. The zero-order valence-electron chi connectivity index (χ0n) is 31.8. The average molecular weight is 765 g/mol. The molecule has 5 atom stereocenters. The van der Waals surface area contributed by atoms with E-state index in [1.54, 1.807) is 86.0 Å². The van der Waals surface area contributed by atoms with Crippen LogP contribution in [-0.2, 0) is 29.1 Å². The van der Waals surface area contributed by atoms with Gasteiger partial charge in [-0.25, -0.2) is 19.5 Å². The van der Waals surface area contributed by atoms with Crippen molar-refractivity contribution in [2.75, 3.05) is 13.7 Å². The third-order valence-corrected chi connectivity index (χ3v) is 10.5. The van der Waals surface area contributed by atoms with Crippen molar-refractivity contribution in [1.29, 1.82) is 0 Å². The maximum absolute atomic E-state index is 14.5. The van der Waals surface area contributed by atoms with Crippen LogP contribution in [0.1, 0.15) is 59.9 Å². The van der Waals surface area contributed by atoms with E-state index >= 15 is 0 Å². The lowest BCUT2D eigenvalue weighted by molar-refractivity contribution is -0.143. The summed E-state index contributed by atoms with van der Waals surface area (Å²) in [5.74, 6) is -1.97. The van der Waals surface area contributed by atoms with Crippen molar-refractivity contribution in [3.05, 3.63) is 67.0 Å². The minimum Gasteiger partial charge on any atom is -0.497 e. The van der Waals surface area contributed by atoms with Crippen LogP contribution in [-0.4, -0.2) is 90.1 Å². The highest BCUT2D eigenvalue weighted by Crippen LogP contribution is 2.45. The summed E-state index contributed by atoms with van der Waals surface area (Å²) in [6.07, 6.45) is 2.88. The molecule has 4 amide bonds. The number of sulfonamides is 1. The molecule has 1 saturated heterocycles. The molecule has 2 aromatic heterocycles. The van der Waals surface area contributed by atoms with Crippen LogP contribution in [0, 0.1) is 18.3 Å².